The van der Waals surface area contributed by atoms with Gasteiger partial charge in [0.1, 0.15) is 0 Å². The molecule has 2 heterocycles. The normalized spacial score (nSPS) is 17.1. The molecule has 2 aliphatic heterocycles. The van der Waals surface area contributed by atoms with Gasteiger partial charge < -0.3 is 14.4 Å². The van der Waals surface area contributed by atoms with Gasteiger partial charge in [0, 0.05) is 24.7 Å². The van der Waals surface area contributed by atoms with Gasteiger partial charge in [-0.05, 0) is 72.9 Å². The standard InChI is InChI=1S/C27H28N2O5S/c1-18-13-20-7-4-5-10-24(20)29(18)35(31,32)23-9-6-8-21(14-23)27(30)28-12-11-19-15-25(33-2)26(34-3)16-22(19)17-28/h4-10,14-16,18H,11-13,17H2,1-3H3. The van der Waals surface area contributed by atoms with Gasteiger partial charge in [-0.3, -0.25) is 9.10 Å². The van der Waals surface area contributed by atoms with E-state index >= 15 is 0 Å². The number of nitrogens with zero attached hydrogens (tertiary/aromatic N) is 2. The molecule has 0 aromatic heterocycles. The molecule has 7 nitrogen and oxygen atoms in total. The van der Waals surface area contributed by atoms with Crippen molar-refractivity contribution >= 4 is 21.6 Å². The van der Waals surface area contributed by atoms with Crippen LogP contribution in [0.3, 0.4) is 0 Å². The number of hydrogen-bond acceptors (Lipinski definition) is 5. The fraction of sp³-hybridized carbons (Fsp3) is 0.296. The largest absolute Gasteiger partial charge is 0.493 e. The zero-order valence-corrected chi connectivity index (χ0v) is 20.8. The van der Waals surface area contributed by atoms with E-state index in [2.05, 4.69) is 0 Å². The number of sulfonamides is 1. The molecule has 182 valence electrons. The Bertz CT molecular complexity index is 1400. The number of benzene rings is 3. The molecule has 8 heteroatoms. The highest BCUT2D eigenvalue weighted by Crippen LogP contribution is 2.37. The minimum atomic E-state index is -3.82. The van der Waals surface area contributed by atoms with Crippen LogP contribution in [0.4, 0.5) is 5.69 Å². The van der Waals surface area contributed by atoms with Crippen molar-refractivity contribution in [2.75, 3.05) is 25.1 Å². The molecule has 0 spiro atoms. The van der Waals surface area contributed by atoms with Crippen LogP contribution in [-0.4, -0.2) is 46.0 Å². The maximum atomic E-state index is 13.6. The molecule has 0 saturated heterocycles. The van der Waals surface area contributed by atoms with E-state index in [0.717, 1.165) is 16.7 Å². The highest BCUT2D eigenvalue weighted by atomic mass is 32.2. The first-order chi connectivity index (χ1) is 16.8. The molecular weight excluding hydrogens is 464 g/mol. The third-order valence-electron chi connectivity index (χ3n) is 6.79. The highest BCUT2D eigenvalue weighted by Gasteiger charge is 2.36. The van der Waals surface area contributed by atoms with Gasteiger partial charge in [0.15, 0.2) is 11.5 Å². The number of para-hydroxylation sites is 1. The van der Waals surface area contributed by atoms with Crippen molar-refractivity contribution in [3.05, 3.63) is 82.9 Å². The summed E-state index contributed by atoms with van der Waals surface area (Å²) in [7, 11) is -0.634. The summed E-state index contributed by atoms with van der Waals surface area (Å²) in [5, 5.41) is 0. The number of ether oxygens (including phenoxy) is 2. The summed E-state index contributed by atoms with van der Waals surface area (Å²) >= 11 is 0. The fourth-order valence-electron chi connectivity index (χ4n) is 5.05. The van der Waals surface area contributed by atoms with E-state index in [9.17, 15) is 13.2 Å². The van der Waals surface area contributed by atoms with Gasteiger partial charge >= 0.3 is 0 Å². The van der Waals surface area contributed by atoms with E-state index in [0.29, 0.717) is 48.7 Å². The minimum Gasteiger partial charge on any atom is -0.493 e. The Labute approximate surface area is 205 Å². The second-order valence-electron chi connectivity index (χ2n) is 8.96. The third kappa shape index (κ3) is 4.01. The number of carbonyl (C=O) groups excluding carboxylic acids is 1. The van der Waals surface area contributed by atoms with Crippen molar-refractivity contribution in [3.63, 3.8) is 0 Å². The molecule has 1 atom stereocenters. The van der Waals surface area contributed by atoms with E-state index < -0.39 is 10.0 Å². The van der Waals surface area contributed by atoms with E-state index in [1.807, 2.05) is 43.3 Å². The third-order valence-corrected chi connectivity index (χ3v) is 8.71. The number of fused-ring (bicyclic) bond motifs is 2. The molecule has 1 unspecified atom stereocenters. The van der Waals surface area contributed by atoms with E-state index in [1.54, 1.807) is 37.3 Å². The first-order valence-corrected chi connectivity index (χ1v) is 13.0. The number of hydrogen-bond donors (Lipinski definition) is 0. The molecule has 35 heavy (non-hydrogen) atoms. The average Bonchev–Trinajstić information content (AvgIpc) is 3.23. The maximum Gasteiger partial charge on any atom is 0.264 e. The van der Waals surface area contributed by atoms with Crippen LogP contribution in [0.5, 0.6) is 11.5 Å². The molecule has 0 bridgehead atoms. The number of rotatable bonds is 5. The Balaban J connectivity index is 1.42. The fourth-order valence-corrected chi connectivity index (χ4v) is 6.78. The van der Waals surface area contributed by atoms with Gasteiger partial charge in [0.05, 0.1) is 24.8 Å². The van der Waals surface area contributed by atoms with Crippen molar-refractivity contribution in [3.8, 4) is 11.5 Å². The molecule has 5 rings (SSSR count). The topological polar surface area (TPSA) is 76.1 Å². The van der Waals surface area contributed by atoms with Crippen LogP contribution in [0.25, 0.3) is 0 Å². The lowest BCUT2D eigenvalue weighted by Crippen LogP contribution is -2.37. The number of amides is 1. The van der Waals surface area contributed by atoms with Crippen LogP contribution in [0.15, 0.2) is 65.6 Å². The molecule has 3 aromatic carbocycles. The van der Waals surface area contributed by atoms with Crippen molar-refractivity contribution in [1.29, 1.82) is 0 Å². The quantitative estimate of drug-likeness (QED) is 0.537. The number of carbonyl (C=O) groups is 1. The lowest BCUT2D eigenvalue weighted by molar-refractivity contribution is 0.0734. The van der Waals surface area contributed by atoms with Gasteiger partial charge in [0.2, 0.25) is 0 Å². The first kappa shape index (κ1) is 23.2. The first-order valence-electron chi connectivity index (χ1n) is 11.6. The summed E-state index contributed by atoms with van der Waals surface area (Å²) < 4.78 is 39.5. The highest BCUT2D eigenvalue weighted by molar-refractivity contribution is 7.92. The second kappa shape index (κ2) is 8.92. The SMILES string of the molecule is COc1cc2c(cc1OC)CN(C(=O)c1cccc(S(=O)(=O)N3c4ccccc4CC3C)c1)CC2. The van der Waals surface area contributed by atoms with Crippen molar-refractivity contribution < 1.29 is 22.7 Å². The second-order valence-corrected chi connectivity index (χ2v) is 10.8. The predicted octanol–water partition coefficient (Wildman–Crippen LogP) is 4.04. The molecule has 0 radical (unpaired) electrons. The molecular formula is C27H28N2O5S. The molecule has 0 N–H and O–H groups in total. The van der Waals surface area contributed by atoms with Gasteiger partial charge in [-0.15, -0.1) is 0 Å². The predicted molar refractivity (Wildman–Crippen MR) is 134 cm³/mol. The zero-order valence-electron chi connectivity index (χ0n) is 20.0. The van der Waals surface area contributed by atoms with Crippen molar-refractivity contribution in [1.82, 2.24) is 4.90 Å². The smallest absolute Gasteiger partial charge is 0.264 e. The summed E-state index contributed by atoms with van der Waals surface area (Å²) in [6.07, 6.45) is 1.34. The molecule has 0 fully saturated rings. The molecule has 2 aliphatic rings. The van der Waals surface area contributed by atoms with Gasteiger partial charge in [-0.25, -0.2) is 8.42 Å². The number of anilines is 1. The van der Waals surface area contributed by atoms with E-state index in [1.165, 1.54) is 10.4 Å². The van der Waals surface area contributed by atoms with Gasteiger partial charge in [-0.1, -0.05) is 24.3 Å². The molecule has 0 saturated carbocycles. The Hall–Kier alpha value is -3.52. The minimum absolute atomic E-state index is 0.121. The Kier molecular flexibility index (Phi) is 5.92. The summed E-state index contributed by atoms with van der Waals surface area (Å²) in [6, 6.07) is 17.6. The van der Waals surface area contributed by atoms with Crippen molar-refractivity contribution in [2.45, 2.75) is 37.2 Å². The number of methoxy groups -OCH3 is 2. The molecule has 1 amide bonds. The Morgan fingerprint density at radius 1 is 0.914 bits per heavy atom. The lowest BCUT2D eigenvalue weighted by atomic mass is 9.98. The summed E-state index contributed by atoms with van der Waals surface area (Å²) in [6.45, 7) is 2.86. The molecule has 0 aliphatic carbocycles. The van der Waals surface area contributed by atoms with Gasteiger partial charge in [0.25, 0.3) is 15.9 Å². The van der Waals surface area contributed by atoms with E-state index in [-0.39, 0.29) is 16.8 Å². The Morgan fingerprint density at radius 2 is 1.63 bits per heavy atom. The summed E-state index contributed by atoms with van der Waals surface area (Å²) in [5.74, 6) is 1.09. The van der Waals surface area contributed by atoms with Crippen LogP contribution in [0, 0.1) is 0 Å². The Morgan fingerprint density at radius 3 is 2.37 bits per heavy atom. The average molecular weight is 493 g/mol. The van der Waals surface area contributed by atoms with Crippen LogP contribution < -0.4 is 13.8 Å². The van der Waals surface area contributed by atoms with Crippen LogP contribution in [-0.2, 0) is 29.4 Å². The maximum absolute atomic E-state index is 13.6. The van der Waals surface area contributed by atoms with Crippen LogP contribution >= 0.6 is 0 Å². The molecule has 3 aromatic rings. The summed E-state index contributed by atoms with van der Waals surface area (Å²) in [4.78, 5) is 15.3. The van der Waals surface area contributed by atoms with E-state index in [4.69, 9.17) is 9.47 Å². The lowest BCUT2D eigenvalue weighted by Gasteiger charge is -2.30. The summed E-state index contributed by atoms with van der Waals surface area (Å²) in [5.41, 5.74) is 4.18. The monoisotopic (exact) mass is 492 g/mol. The zero-order chi connectivity index (χ0) is 24.7. The van der Waals surface area contributed by atoms with Crippen LogP contribution in [0.1, 0.15) is 34.0 Å². The van der Waals surface area contributed by atoms with Gasteiger partial charge in [-0.2, -0.15) is 0 Å². The van der Waals surface area contributed by atoms with Crippen LogP contribution in [0.2, 0.25) is 0 Å². The van der Waals surface area contributed by atoms with Crippen molar-refractivity contribution in [2.24, 2.45) is 0 Å².